The predicted octanol–water partition coefficient (Wildman–Crippen LogP) is 1.46. The van der Waals surface area contributed by atoms with Crippen molar-refractivity contribution in [3.8, 4) is 0 Å². The molecular weight excluding hydrogens is 280 g/mol. The van der Waals surface area contributed by atoms with E-state index in [9.17, 15) is 13.2 Å². The SMILES string of the molecule is CC(CCNc1ccc(S(=O)(=O)N(C)C)cc1)C(=O)O. The van der Waals surface area contributed by atoms with Gasteiger partial charge in [-0.25, -0.2) is 12.7 Å². The maximum absolute atomic E-state index is 11.9. The van der Waals surface area contributed by atoms with Crippen molar-refractivity contribution in [2.24, 2.45) is 5.92 Å². The average molecular weight is 300 g/mol. The zero-order valence-electron chi connectivity index (χ0n) is 11.8. The molecule has 0 saturated carbocycles. The largest absolute Gasteiger partial charge is 0.481 e. The van der Waals surface area contributed by atoms with Gasteiger partial charge < -0.3 is 10.4 Å². The molecule has 7 heteroatoms. The number of carbonyl (C=O) groups is 1. The maximum Gasteiger partial charge on any atom is 0.306 e. The van der Waals surface area contributed by atoms with Crippen molar-refractivity contribution in [3.05, 3.63) is 24.3 Å². The minimum absolute atomic E-state index is 0.229. The first kappa shape index (κ1) is 16.5. The summed E-state index contributed by atoms with van der Waals surface area (Å²) < 4.78 is 24.9. The Kier molecular flexibility index (Phi) is 5.52. The molecule has 0 radical (unpaired) electrons. The highest BCUT2D eigenvalue weighted by molar-refractivity contribution is 7.89. The van der Waals surface area contributed by atoms with Gasteiger partial charge in [0, 0.05) is 26.3 Å². The average Bonchev–Trinajstić information content (AvgIpc) is 2.38. The first-order valence-electron chi connectivity index (χ1n) is 6.24. The first-order valence-corrected chi connectivity index (χ1v) is 7.68. The molecule has 0 saturated heterocycles. The molecule has 0 heterocycles. The number of nitrogens with one attached hydrogen (secondary N) is 1. The topological polar surface area (TPSA) is 86.7 Å². The summed E-state index contributed by atoms with van der Waals surface area (Å²) in [7, 11) is -0.449. The number of carboxylic acid groups (broad SMARTS) is 1. The Morgan fingerprint density at radius 3 is 2.30 bits per heavy atom. The summed E-state index contributed by atoms with van der Waals surface area (Å²) in [5, 5.41) is 11.8. The van der Waals surface area contributed by atoms with Crippen LogP contribution >= 0.6 is 0 Å². The van der Waals surface area contributed by atoms with Crippen LogP contribution in [0.5, 0.6) is 0 Å². The maximum atomic E-state index is 11.9. The van der Waals surface area contributed by atoms with E-state index in [0.717, 1.165) is 9.99 Å². The summed E-state index contributed by atoms with van der Waals surface area (Å²) >= 11 is 0. The van der Waals surface area contributed by atoms with E-state index in [4.69, 9.17) is 5.11 Å². The van der Waals surface area contributed by atoms with Crippen LogP contribution in [0.25, 0.3) is 0 Å². The zero-order chi connectivity index (χ0) is 15.3. The number of hydrogen-bond donors (Lipinski definition) is 2. The Morgan fingerprint density at radius 1 is 1.30 bits per heavy atom. The highest BCUT2D eigenvalue weighted by Crippen LogP contribution is 2.16. The second-order valence-electron chi connectivity index (χ2n) is 4.77. The third kappa shape index (κ3) is 4.21. The smallest absolute Gasteiger partial charge is 0.306 e. The van der Waals surface area contributed by atoms with Gasteiger partial charge in [-0.3, -0.25) is 4.79 Å². The fourth-order valence-corrected chi connectivity index (χ4v) is 2.41. The lowest BCUT2D eigenvalue weighted by molar-refractivity contribution is -0.141. The molecule has 112 valence electrons. The van der Waals surface area contributed by atoms with E-state index < -0.39 is 21.9 Å². The summed E-state index contributed by atoms with van der Waals surface area (Å²) in [6, 6.07) is 6.39. The second-order valence-corrected chi connectivity index (χ2v) is 6.92. The van der Waals surface area contributed by atoms with Gasteiger partial charge in [-0.05, 0) is 30.7 Å². The molecule has 0 bridgehead atoms. The van der Waals surface area contributed by atoms with Crippen LogP contribution in [-0.2, 0) is 14.8 Å². The Labute approximate surface area is 119 Å². The third-order valence-corrected chi connectivity index (χ3v) is 4.79. The van der Waals surface area contributed by atoms with Crippen molar-refractivity contribution < 1.29 is 18.3 Å². The molecule has 1 atom stereocenters. The molecule has 0 aliphatic heterocycles. The normalized spacial score (nSPS) is 13.2. The van der Waals surface area contributed by atoms with E-state index in [1.165, 1.54) is 26.2 Å². The minimum atomic E-state index is -3.41. The van der Waals surface area contributed by atoms with Crippen molar-refractivity contribution in [2.75, 3.05) is 26.0 Å². The molecule has 1 aromatic rings. The van der Waals surface area contributed by atoms with Crippen LogP contribution in [0.4, 0.5) is 5.69 Å². The van der Waals surface area contributed by atoms with Crippen LogP contribution in [0.2, 0.25) is 0 Å². The first-order chi connectivity index (χ1) is 9.25. The summed E-state index contributed by atoms with van der Waals surface area (Å²) in [4.78, 5) is 10.9. The van der Waals surface area contributed by atoms with E-state index in [1.807, 2.05) is 0 Å². The van der Waals surface area contributed by atoms with Gasteiger partial charge in [-0.15, -0.1) is 0 Å². The molecular formula is C13H20N2O4S. The summed E-state index contributed by atoms with van der Waals surface area (Å²) in [6.45, 7) is 2.17. The minimum Gasteiger partial charge on any atom is -0.481 e. The lowest BCUT2D eigenvalue weighted by Crippen LogP contribution is -2.22. The van der Waals surface area contributed by atoms with Crippen LogP contribution < -0.4 is 5.32 Å². The molecule has 0 amide bonds. The van der Waals surface area contributed by atoms with E-state index >= 15 is 0 Å². The number of sulfonamides is 1. The van der Waals surface area contributed by atoms with Gasteiger partial charge in [0.2, 0.25) is 10.0 Å². The Bertz CT molecular complexity index is 552. The van der Waals surface area contributed by atoms with Crippen molar-refractivity contribution >= 4 is 21.7 Å². The lowest BCUT2D eigenvalue weighted by atomic mass is 10.1. The van der Waals surface area contributed by atoms with Crippen molar-refractivity contribution in [2.45, 2.75) is 18.2 Å². The van der Waals surface area contributed by atoms with Crippen LogP contribution in [0.15, 0.2) is 29.2 Å². The van der Waals surface area contributed by atoms with E-state index in [2.05, 4.69) is 5.32 Å². The number of hydrogen-bond acceptors (Lipinski definition) is 4. The zero-order valence-corrected chi connectivity index (χ0v) is 12.6. The summed E-state index contributed by atoms with van der Waals surface area (Å²) in [5.41, 5.74) is 0.764. The monoisotopic (exact) mass is 300 g/mol. The van der Waals surface area contributed by atoms with E-state index in [-0.39, 0.29) is 4.90 Å². The van der Waals surface area contributed by atoms with Crippen LogP contribution in [0.1, 0.15) is 13.3 Å². The van der Waals surface area contributed by atoms with Crippen molar-refractivity contribution in [1.29, 1.82) is 0 Å². The highest BCUT2D eigenvalue weighted by atomic mass is 32.2. The second kappa shape index (κ2) is 6.71. The van der Waals surface area contributed by atoms with Gasteiger partial charge in [-0.1, -0.05) is 6.92 Å². The third-order valence-electron chi connectivity index (χ3n) is 2.96. The Morgan fingerprint density at radius 2 is 1.85 bits per heavy atom. The van der Waals surface area contributed by atoms with Crippen LogP contribution in [0.3, 0.4) is 0 Å². The molecule has 2 N–H and O–H groups in total. The van der Waals surface area contributed by atoms with Crippen LogP contribution in [0, 0.1) is 5.92 Å². The van der Waals surface area contributed by atoms with Gasteiger partial charge in [0.25, 0.3) is 0 Å². The molecule has 0 spiro atoms. The van der Waals surface area contributed by atoms with Crippen molar-refractivity contribution in [3.63, 3.8) is 0 Å². The van der Waals surface area contributed by atoms with Gasteiger partial charge in [0.1, 0.15) is 0 Å². The van der Waals surface area contributed by atoms with Crippen molar-refractivity contribution in [1.82, 2.24) is 4.31 Å². The number of nitrogens with zero attached hydrogens (tertiary/aromatic N) is 1. The number of rotatable bonds is 7. The summed E-state index contributed by atoms with van der Waals surface area (Å²) in [5.74, 6) is -1.23. The van der Waals surface area contributed by atoms with Gasteiger partial charge in [-0.2, -0.15) is 0 Å². The fourth-order valence-electron chi connectivity index (χ4n) is 1.51. The highest BCUT2D eigenvalue weighted by Gasteiger charge is 2.16. The standard InChI is InChI=1S/C13H20N2O4S/c1-10(13(16)17)8-9-14-11-4-6-12(7-5-11)20(18,19)15(2)3/h4-7,10,14H,8-9H2,1-3H3,(H,16,17). The molecule has 0 aromatic heterocycles. The molecule has 1 aromatic carbocycles. The molecule has 0 fully saturated rings. The Hall–Kier alpha value is -1.60. The molecule has 1 rings (SSSR count). The fraction of sp³-hybridized carbons (Fsp3) is 0.462. The van der Waals surface area contributed by atoms with Gasteiger partial charge in [0.15, 0.2) is 0 Å². The molecule has 0 aliphatic carbocycles. The quantitative estimate of drug-likeness (QED) is 0.796. The molecule has 20 heavy (non-hydrogen) atoms. The molecule has 1 unspecified atom stereocenters. The van der Waals surface area contributed by atoms with E-state index in [0.29, 0.717) is 13.0 Å². The Balaban J connectivity index is 2.62. The molecule has 0 aliphatic rings. The molecule has 6 nitrogen and oxygen atoms in total. The van der Waals surface area contributed by atoms with Crippen LogP contribution in [-0.4, -0.2) is 44.4 Å². The van der Waals surface area contributed by atoms with Gasteiger partial charge in [0.05, 0.1) is 10.8 Å². The number of benzene rings is 1. The summed E-state index contributed by atoms with van der Waals surface area (Å²) in [6.07, 6.45) is 0.507. The van der Waals surface area contributed by atoms with E-state index in [1.54, 1.807) is 19.1 Å². The predicted molar refractivity (Wildman–Crippen MR) is 77.2 cm³/mol. The lowest BCUT2D eigenvalue weighted by Gasteiger charge is -2.12. The number of aliphatic carboxylic acids is 1. The number of carboxylic acids is 1. The van der Waals surface area contributed by atoms with Gasteiger partial charge >= 0.3 is 5.97 Å². The number of anilines is 1.